The smallest absolute Gasteiger partial charge is 0.257 e. The molecule has 5 aromatic rings. The fourth-order valence-corrected chi connectivity index (χ4v) is 3.97. The van der Waals surface area contributed by atoms with Crippen LogP contribution in [0.4, 0.5) is 10.2 Å². The molecule has 9 heteroatoms. The standard InChI is InChI=1S/C23H17FN6OS/c24-15-9-7-14(8-10-15)12-27-30-21(25)19(23(31)26-13-16-4-3-11-32-16)20-22(30)29-18-6-2-1-5-17(18)28-20/h1-12H,13,25H2,(H,26,31)/b27-12+. The number of para-hydroxylation sites is 2. The first-order valence-electron chi connectivity index (χ1n) is 9.77. The lowest BCUT2D eigenvalue weighted by atomic mass is 10.2. The van der Waals surface area contributed by atoms with Gasteiger partial charge in [-0.3, -0.25) is 4.79 Å². The minimum Gasteiger partial charge on any atom is -0.383 e. The Morgan fingerprint density at radius 2 is 1.84 bits per heavy atom. The molecule has 3 N–H and O–H groups in total. The Balaban J connectivity index is 1.61. The molecule has 0 saturated carbocycles. The van der Waals surface area contributed by atoms with Crippen molar-refractivity contribution in [2.75, 3.05) is 5.73 Å². The predicted molar refractivity (Wildman–Crippen MR) is 124 cm³/mol. The van der Waals surface area contributed by atoms with Gasteiger partial charge in [0.25, 0.3) is 5.91 Å². The van der Waals surface area contributed by atoms with E-state index in [4.69, 9.17) is 5.73 Å². The number of anilines is 1. The summed E-state index contributed by atoms with van der Waals surface area (Å²) in [6.07, 6.45) is 1.53. The second-order valence-corrected chi connectivity index (χ2v) is 8.05. The van der Waals surface area contributed by atoms with Gasteiger partial charge in [0.05, 0.1) is 23.8 Å². The highest BCUT2D eigenvalue weighted by Gasteiger charge is 2.24. The van der Waals surface area contributed by atoms with Crippen molar-refractivity contribution in [1.29, 1.82) is 0 Å². The molecule has 0 bridgehead atoms. The molecule has 3 heterocycles. The summed E-state index contributed by atoms with van der Waals surface area (Å²) in [7, 11) is 0. The first kappa shape index (κ1) is 19.8. The van der Waals surface area contributed by atoms with E-state index in [9.17, 15) is 9.18 Å². The van der Waals surface area contributed by atoms with Crippen molar-refractivity contribution in [3.05, 3.63) is 87.9 Å². The van der Waals surface area contributed by atoms with Crippen LogP contribution in [0.5, 0.6) is 0 Å². The van der Waals surface area contributed by atoms with E-state index in [-0.39, 0.29) is 23.1 Å². The average molecular weight is 444 g/mol. The number of hydrogen-bond donors (Lipinski definition) is 2. The highest BCUT2D eigenvalue weighted by molar-refractivity contribution is 7.09. The second-order valence-electron chi connectivity index (χ2n) is 7.01. The lowest BCUT2D eigenvalue weighted by molar-refractivity contribution is 0.0953. The Bertz CT molecular complexity index is 1460. The molecular weight excluding hydrogens is 427 g/mol. The third-order valence-electron chi connectivity index (χ3n) is 4.90. The van der Waals surface area contributed by atoms with E-state index in [1.165, 1.54) is 23.0 Å². The van der Waals surface area contributed by atoms with Crippen molar-refractivity contribution in [3.63, 3.8) is 0 Å². The average Bonchev–Trinajstić information content (AvgIpc) is 3.41. The number of aromatic nitrogens is 3. The monoisotopic (exact) mass is 444 g/mol. The third kappa shape index (κ3) is 3.69. The number of benzene rings is 2. The maximum atomic E-state index is 13.2. The minimum atomic E-state index is -0.360. The summed E-state index contributed by atoms with van der Waals surface area (Å²) in [6.45, 7) is 0.377. The van der Waals surface area contributed by atoms with Gasteiger partial charge in [-0.15, -0.1) is 11.3 Å². The molecule has 158 valence electrons. The minimum absolute atomic E-state index is 0.123. The molecule has 1 amide bonds. The molecule has 7 nitrogen and oxygen atoms in total. The first-order valence-corrected chi connectivity index (χ1v) is 10.7. The number of carbonyl (C=O) groups excluding carboxylic acids is 1. The van der Waals surface area contributed by atoms with Crippen LogP contribution in [0.15, 0.2) is 71.1 Å². The SMILES string of the molecule is Nc1c(C(=O)NCc2cccs2)c2nc3ccccc3nc2n1/N=C/c1ccc(F)cc1. The number of nitrogens with two attached hydrogens (primary N) is 1. The highest BCUT2D eigenvalue weighted by Crippen LogP contribution is 2.28. The van der Waals surface area contributed by atoms with Gasteiger partial charge in [0.2, 0.25) is 0 Å². The number of nitrogens with zero attached hydrogens (tertiary/aromatic N) is 4. The zero-order chi connectivity index (χ0) is 22.1. The van der Waals surface area contributed by atoms with Crippen LogP contribution < -0.4 is 11.1 Å². The molecule has 32 heavy (non-hydrogen) atoms. The number of halogens is 1. The van der Waals surface area contributed by atoms with Gasteiger partial charge >= 0.3 is 0 Å². The fourth-order valence-electron chi connectivity index (χ4n) is 3.33. The van der Waals surface area contributed by atoms with Gasteiger partial charge in [-0.2, -0.15) is 9.78 Å². The topological polar surface area (TPSA) is 98.2 Å². The lowest BCUT2D eigenvalue weighted by Gasteiger charge is -2.04. The second kappa shape index (κ2) is 8.20. The van der Waals surface area contributed by atoms with Crippen LogP contribution in [-0.2, 0) is 6.54 Å². The van der Waals surface area contributed by atoms with Crippen LogP contribution in [-0.4, -0.2) is 26.8 Å². The van der Waals surface area contributed by atoms with Crippen LogP contribution in [0.2, 0.25) is 0 Å². The van der Waals surface area contributed by atoms with Crippen molar-refractivity contribution < 1.29 is 9.18 Å². The molecule has 2 aromatic carbocycles. The number of hydrogen-bond acceptors (Lipinski definition) is 6. The van der Waals surface area contributed by atoms with E-state index in [1.54, 1.807) is 23.5 Å². The zero-order valence-electron chi connectivity index (χ0n) is 16.7. The quantitative estimate of drug-likeness (QED) is 0.397. The largest absolute Gasteiger partial charge is 0.383 e. The number of amides is 1. The van der Waals surface area contributed by atoms with E-state index >= 15 is 0 Å². The molecule has 0 saturated heterocycles. The number of thiophene rings is 1. The summed E-state index contributed by atoms with van der Waals surface area (Å²) in [5.41, 5.74) is 9.28. The lowest BCUT2D eigenvalue weighted by Crippen LogP contribution is -2.23. The maximum absolute atomic E-state index is 13.2. The van der Waals surface area contributed by atoms with Gasteiger partial charge in [0.15, 0.2) is 5.65 Å². The summed E-state index contributed by atoms with van der Waals surface area (Å²) in [4.78, 5) is 23.4. The van der Waals surface area contributed by atoms with Crippen LogP contribution in [0.25, 0.3) is 22.2 Å². The predicted octanol–water partition coefficient (Wildman–Crippen LogP) is 4.18. The van der Waals surface area contributed by atoms with Gasteiger partial charge in [-0.05, 0) is 41.3 Å². The molecular formula is C23H17FN6OS. The van der Waals surface area contributed by atoms with Gasteiger partial charge in [0, 0.05) is 4.88 Å². The third-order valence-corrected chi connectivity index (χ3v) is 5.77. The van der Waals surface area contributed by atoms with E-state index in [1.807, 2.05) is 41.8 Å². The van der Waals surface area contributed by atoms with Crippen LogP contribution in [0.3, 0.4) is 0 Å². The number of fused-ring (bicyclic) bond motifs is 2. The summed E-state index contributed by atoms with van der Waals surface area (Å²) < 4.78 is 14.6. The molecule has 0 radical (unpaired) electrons. The Kier molecular flexibility index (Phi) is 5.08. The Hall–Kier alpha value is -4.11. The summed E-state index contributed by atoms with van der Waals surface area (Å²) in [6, 6.07) is 17.1. The molecule has 3 aromatic heterocycles. The zero-order valence-corrected chi connectivity index (χ0v) is 17.5. The van der Waals surface area contributed by atoms with E-state index in [0.29, 0.717) is 34.3 Å². The number of nitrogens with one attached hydrogen (secondary N) is 1. The number of carbonyl (C=O) groups is 1. The van der Waals surface area contributed by atoms with Gasteiger partial charge in [-0.1, -0.05) is 30.3 Å². The first-order chi connectivity index (χ1) is 15.6. The summed E-state index contributed by atoms with van der Waals surface area (Å²) >= 11 is 1.55. The normalized spacial score (nSPS) is 11.5. The Morgan fingerprint density at radius 3 is 2.56 bits per heavy atom. The van der Waals surface area contributed by atoms with Crippen molar-refractivity contribution in [2.24, 2.45) is 5.10 Å². The fraction of sp³-hybridized carbons (Fsp3) is 0.0435. The van der Waals surface area contributed by atoms with Crippen molar-refractivity contribution in [2.45, 2.75) is 6.54 Å². The highest BCUT2D eigenvalue weighted by atomic mass is 32.1. The number of rotatable bonds is 5. The van der Waals surface area contributed by atoms with E-state index in [2.05, 4.69) is 20.4 Å². The molecule has 0 atom stereocenters. The molecule has 0 aliphatic rings. The molecule has 0 unspecified atom stereocenters. The van der Waals surface area contributed by atoms with Crippen molar-refractivity contribution >= 4 is 51.5 Å². The number of nitrogen functional groups attached to an aromatic ring is 1. The maximum Gasteiger partial charge on any atom is 0.257 e. The molecule has 0 aliphatic heterocycles. The van der Waals surface area contributed by atoms with Gasteiger partial charge in [-0.25, -0.2) is 14.4 Å². The van der Waals surface area contributed by atoms with Gasteiger partial charge < -0.3 is 11.1 Å². The van der Waals surface area contributed by atoms with E-state index in [0.717, 1.165) is 4.88 Å². The van der Waals surface area contributed by atoms with Crippen molar-refractivity contribution in [1.82, 2.24) is 20.0 Å². The summed E-state index contributed by atoms with van der Waals surface area (Å²) in [5, 5.41) is 9.26. The van der Waals surface area contributed by atoms with Crippen molar-refractivity contribution in [3.8, 4) is 0 Å². The van der Waals surface area contributed by atoms with Gasteiger partial charge in [0.1, 0.15) is 22.7 Å². The van der Waals surface area contributed by atoms with Crippen LogP contribution in [0, 0.1) is 5.82 Å². The van der Waals surface area contributed by atoms with E-state index < -0.39 is 0 Å². The molecule has 0 fully saturated rings. The molecule has 0 spiro atoms. The Morgan fingerprint density at radius 1 is 1.09 bits per heavy atom. The molecule has 5 rings (SSSR count). The van der Waals surface area contributed by atoms with Crippen LogP contribution in [0.1, 0.15) is 20.8 Å². The summed E-state index contributed by atoms with van der Waals surface area (Å²) in [5.74, 6) is -0.575. The van der Waals surface area contributed by atoms with Crippen LogP contribution >= 0.6 is 11.3 Å². The molecule has 0 aliphatic carbocycles. The Labute approximate surface area is 186 Å².